The summed E-state index contributed by atoms with van der Waals surface area (Å²) in [5.74, 6) is -0.233. The molecule has 0 bridgehead atoms. The summed E-state index contributed by atoms with van der Waals surface area (Å²) in [7, 11) is 1.92. The number of rotatable bonds is 5. The fourth-order valence-electron chi connectivity index (χ4n) is 4.46. The summed E-state index contributed by atoms with van der Waals surface area (Å²) in [6.45, 7) is 2.63. The molecule has 1 unspecified atom stereocenters. The first-order chi connectivity index (χ1) is 15.4. The molecule has 5 rings (SSSR count). The van der Waals surface area contributed by atoms with Crippen LogP contribution < -0.4 is 5.32 Å². The van der Waals surface area contributed by atoms with Crippen molar-refractivity contribution in [2.75, 3.05) is 13.7 Å². The lowest BCUT2D eigenvalue weighted by Gasteiger charge is -2.25. The third-order valence-corrected chi connectivity index (χ3v) is 6.25. The average Bonchev–Trinajstić information content (AvgIpc) is 3.02. The zero-order valence-electron chi connectivity index (χ0n) is 18.2. The molecule has 0 aliphatic carbocycles. The maximum absolute atomic E-state index is 13.4. The molecule has 1 fully saturated rings. The van der Waals surface area contributed by atoms with E-state index in [4.69, 9.17) is 0 Å². The van der Waals surface area contributed by atoms with Gasteiger partial charge in [0.25, 0.3) is 5.91 Å². The molecule has 0 radical (unpaired) electrons. The number of urea groups is 1. The highest BCUT2D eigenvalue weighted by Gasteiger charge is 2.49. The number of carbonyl (C=O) groups excluding carboxylic acids is 2. The van der Waals surface area contributed by atoms with Crippen LogP contribution in [-0.4, -0.2) is 35.5 Å². The predicted octanol–water partition coefficient (Wildman–Crippen LogP) is 4.85. The van der Waals surface area contributed by atoms with Gasteiger partial charge in [0.2, 0.25) is 0 Å². The van der Waals surface area contributed by atoms with E-state index in [1.54, 1.807) is 6.92 Å². The van der Waals surface area contributed by atoms with Gasteiger partial charge in [-0.2, -0.15) is 0 Å². The van der Waals surface area contributed by atoms with Gasteiger partial charge in [-0.15, -0.1) is 0 Å². The van der Waals surface area contributed by atoms with Crippen LogP contribution in [0.5, 0.6) is 0 Å². The molecule has 1 aliphatic rings. The van der Waals surface area contributed by atoms with E-state index in [1.807, 2.05) is 66.5 Å². The third-order valence-electron chi connectivity index (χ3n) is 6.25. The molecule has 5 nitrogen and oxygen atoms in total. The normalized spacial score (nSPS) is 18.7. The van der Waals surface area contributed by atoms with E-state index in [-0.39, 0.29) is 18.6 Å². The Morgan fingerprint density at radius 1 is 0.812 bits per heavy atom. The van der Waals surface area contributed by atoms with Gasteiger partial charge in [0, 0.05) is 6.54 Å². The number of imide groups is 1. The number of benzene rings is 4. The van der Waals surface area contributed by atoms with E-state index >= 15 is 0 Å². The van der Waals surface area contributed by atoms with Crippen molar-refractivity contribution in [1.82, 2.24) is 15.1 Å². The molecule has 1 saturated heterocycles. The molecule has 4 aromatic rings. The van der Waals surface area contributed by atoms with Crippen molar-refractivity contribution >= 4 is 33.5 Å². The molecule has 3 amide bonds. The Morgan fingerprint density at radius 2 is 1.41 bits per heavy atom. The van der Waals surface area contributed by atoms with Crippen LogP contribution in [0.1, 0.15) is 18.1 Å². The van der Waals surface area contributed by atoms with Gasteiger partial charge in [-0.3, -0.25) is 9.69 Å². The Kier molecular flexibility index (Phi) is 4.91. The summed E-state index contributed by atoms with van der Waals surface area (Å²) < 4.78 is 0. The Morgan fingerprint density at radius 3 is 2.09 bits per heavy atom. The number of amides is 3. The van der Waals surface area contributed by atoms with Gasteiger partial charge in [-0.05, 0) is 58.8 Å². The lowest BCUT2D eigenvalue weighted by atomic mass is 9.90. The van der Waals surface area contributed by atoms with E-state index in [0.717, 1.165) is 21.9 Å². The van der Waals surface area contributed by atoms with Crippen molar-refractivity contribution in [3.63, 3.8) is 0 Å². The SMILES string of the molecule is CN(Cc1ccc2ccccc2c1)CN1C(=O)NC(C)(c2ccc3ccccc3c2)C1=O. The van der Waals surface area contributed by atoms with Gasteiger partial charge < -0.3 is 5.32 Å². The first-order valence-corrected chi connectivity index (χ1v) is 10.7. The molecule has 0 spiro atoms. The van der Waals surface area contributed by atoms with E-state index in [1.165, 1.54) is 15.7 Å². The van der Waals surface area contributed by atoms with Crippen LogP contribution in [0, 0.1) is 0 Å². The quantitative estimate of drug-likeness (QED) is 0.467. The second kappa shape index (κ2) is 7.77. The van der Waals surface area contributed by atoms with Crippen LogP contribution in [0.25, 0.3) is 21.5 Å². The molecule has 1 N–H and O–H groups in total. The maximum Gasteiger partial charge on any atom is 0.326 e. The molecular weight excluding hydrogens is 398 g/mol. The molecule has 1 aliphatic heterocycles. The molecule has 0 aromatic heterocycles. The van der Waals surface area contributed by atoms with E-state index in [0.29, 0.717) is 6.54 Å². The van der Waals surface area contributed by atoms with Crippen molar-refractivity contribution in [2.45, 2.75) is 19.0 Å². The Balaban J connectivity index is 1.34. The van der Waals surface area contributed by atoms with Crippen LogP contribution in [0.2, 0.25) is 0 Å². The minimum Gasteiger partial charge on any atom is -0.319 e. The zero-order valence-corrected chi connectivity index (χ0v) is 18.2. The third kappa shape index (κ3) is 3.51. The summed E-state index contributed by atoms with van der Waals surface area (Å²) >= 11 is 0. The molecule has 0 saturated carbocycles. The fraction of sp³-hybridized carbons (Fsp3) is 0.185. The summed E-state index contributed by atoms with van der Waals surface area (Å²) in [4.78, 5) is 29.4. The zero-order chi connectivity index (χ0) is 22.3. The van der Waals surface area contributed by atoms with Crippen molar-refractivity contribution in [3.8, 4) is 0 Å². The van der Waals surface area contributed by atoms with Crippen molar-refractivity contribution in [1.29, 1.82) is 0 Å². The smallest absolute Gasteiger partial charge is 0.319 e. The number of fused-ring (bicyclic) bond motifs is 2. The van der Waals surface area contributed by atoms with Crippen LogP contribution in [0.3, 0.4) is 0 Å². The lowest BCUT2D eigenvalue weighted by molar-refractivity contribution is -0.132. The van der Waals surface area contributed by atoms with Gasteiger partial charge in [0.15, 0.2) is 0 Å². The predicted molar refractivity (Wildman–Crippen MR) is 127 cm³/mol. The summed E-state index contributed by atoms with van der Waals surface area (Å²) in [5, 5.41) is 7.43. The Bertz CT molecular complexity index is 1350. The summed E-state index contributed by atoms with van der Waals surface area (Å²) in [6.07, 6.45) is 0. The van der Waals surface area contributed by atoms with Crippen LogP contribution in [0.4, 0.5) is 4.79 Å². The lowest BCUT2D eigenvalue weighted by Crippen LogP contribution is -2.42. The minimum atomic E-state index is -1.08. The monoisotopic (exact) mass is 423 g/mol. The highest BCUT2D eigenvalue weighted by Crippen LogP contribution is 2.31. The fourth-order valence-corrected chi connectivity index (χ4v) is 4.46. The van der Waals surface area contributed by atoms with Gasteiger partial charge >= 0.3 is 6.03 Å². The van der Waals surface area contributed by atoms with Gasteiger partial charge in [-0.25, -0.2) is 9.69 Å². The average molecular weight is 424 g/mol. The van der Waals surface area contributed by atoms with Gasteiger partial charge in [-0.1, -0.05) is 72.8 Å². The van der Waals surface area contributed by atoms with E-state index in [2.05, 4.69) is 35.6 Å². The second-order valence-corrected chi connectivity index (χ2v) is 8.69. The Hall–Kier alpha value is -3.70. The van der Waals surface area contributed by atoms with Gasteiger partial charge in [0.1, 0.15) is 5.54 Å². The number of nitrogens with one attached hydrogen (secondary N) is 1. The highest BCUT2D eigenvalue weighted by molar-refractivity contribution is 6.07. The van der Waals surface area contributed by atoms with Crippen LogP contribution >= 0.6 is 0 Å². The highest BCUT2D eigenvalue weighted by atomic mass is 16.2. The first-order valence-electron chi connectivity index (χ1n) is 10.7. The summed E-state index contributed by atoms with van der Waals surface area (Å²) in [5.41, 5.74) is 0.843. The molecule has 5 heteroatoms. The number of nitrogens with zero attached hydrogens (tertiary/aromatic N) is 2. The number of hydrogen-bond donors (Lipinski definition) is 1. The Labute approximate surface area is 187 Å². The largest absolute Gasteiger partial charge is 0.326 e. The van der Waals surface area contributed by atoms with E-state index in [9.17, 15) is 9.59 Å². The molecular formula is C27H25N3O2. The molecule has 160 valence electrons. The number of hydrogen-bond acceptors (Lipinski definition) is 3. The molecule has 4 aromatic carbocycles. The molecule has 32 heavy (non-hydrogen) atoms. The van der Waals surface area contributed by atoms with Crippen LogP contribution in [-0.2, 0) is 16.9 Å². The first kappa shape index (κ1) is 20.2. The van der Waals surface area contributed by atoms with E-state index < -0.39 is 5.54 Å². The van der Waals surface area contributed by atoms with Crippen LogP contribution in [0.15, 0.2) is 84.9 Å². The maximum atomic E-state index is 13.4. The standard InChI is InChI=1S/C27H25N3O2/c1-27(24-14-13-21-8-4-6-10-23(21)16-24)25(31)30(26(32)28-27)18-29(2)17-19-11-12-20-7-3-5-9-22(20)15-19/h3-16H,17-18H2,1-2H3,(H,28,32). The number of carbonyl (C=O) groups is 2. The topological polar surface area (TPSA) is 52.6 Å². The second-order valence-electron chi connectivity index (χ2n) is 8.69. The van der Waals surface area contributed by atoms with Crippen molar-refractivity contribution in [3.05, 3.63) is 96.1 Å². The molecule has 1 atom stereocenters. The minimum absolute atomic E-state index is 0.223. The van der Waals surface area contributed by atoms with Crippen molar-refractivity contribution < 1.29 is 9.59 Å². The summed E-state index contributed by atoms with van der Waals surface area (Å²) in [6, 6.07) is 28.1. The molecule has 1 heterocycles. The van der Waals surface area contributed by atoms with Gasteiger partial charge in [0.05, 0.1) is 6.67 Å². The van der Waals surface area contributed by atoms with Crippen molar-refractivity contribution in [2.24, 2.45) is 0 Å².